The third-order valence-corrected chi connectivity index (χ3v) is 4.93. The number of aliphatic imine (C=N–C) groups is 1. The van der Waals surface area contributed by atoms with E-state index >= 15 is 0 Å². The summed E-state index contributed by atoms with van der Waals surface area (Å²) in [7, 11) is 0. The molecule has 3 N–H and O–H groups in total. The van der Waals surface area contributed by atoms with Gasteiger partial charge in [-0.05, 0) is 24.6 Å². The smallest absolute Gasteiger partial charge is 0.239 e. The summed E-state index contributed by atoms with van der Waals surface area (Å²) in [6.45, 7) is 11.0. The van der Waals surface area contributed by atoms with Crippen molar-refractivity contribution < 1.29 is 9.53 Å². The molecule has 2 fully saturated rings. The fourth-order valence-electron chi connectivity index (χ4n) is 3.34. The summed E-state index contributed by atoms with van der Waals surface area (Å²) >= 11 is 0. The minimum atomic E-state index is 0. The van der Waals surface area contributed by atoms with E-state index in [9.17, 15) is 4.79 Å². The normalized spacial score (nSPS) is 18.0. The van der Waals surface area contributed by atoms with E-state index in [1.165, 1.54) is 0 Å². The second-order valence-corrected chi connectivity index (χ2v) is 7.01. The van der Waals surface area contributed by atoms with Gasteiger partial charge in [-0.3, -0.25) is 9.69 Å². The molecule has 1 aromatic rings. The number of hydrogen-bond donors (Lipinski definition) is 3. The molecule has 9 heteroatoms. The molecule has 0 radical (unpaired) electrons. The van der Waals surface area contributed by atoms with Crippen LogP contribution < -0.4 is 20.9 Å². The van der Waals surface area contributed by atoms with Gasteiger partial charge in [0.25, 0.3) is 0 Å². The number of morpholine rings is 1. The molecule has 2 aliphatic rings. The Morgan fingerprint density at radius 2 is 1.93 bits per heavy atom. The Kier molecular flexibility index (Phi) is 10.5. The Morgan fingerprint density at radius 3 is 2.62 bits per heavy atom. The van der Waals surface area contributed by atoms with E-state index in [2.05, 4.69) is 56.9 Å². The van der Waals surface area contributed by atoms with Crippen molar-refractivity contribution in [3.05, 3.63) is 29.8 Å². The minimum absolute atomic E-state index is 0. The van der Waals surface area contributed by atoms with Crippen molar-refractivity contribution in [2.45, 2.75) is 13.5 Å². The Balaban J connectivity index is 0.00000300. The molecule has 0 bridgehead atoms. The average molecular weight is 516 g/mol. The molecule has 1 amide bonds. The van der Waals surface area contributed by atoms with Crippen LogP contribution in [0.5, 0.6) is 0 Å². The van der Waals surface area contributed by atoms with Crippen LogP contribution in [0, 0.1) is 0 Å². The van der Waals surface area contributed by atoms with E-state index in [1.807, 2.05) is 0 Å². The number of nitrogens with zero attached hydrogens (tertiary/aromatic N) is 3. The van der Waals surface area contributed by atoms with Gasteiger partial charge in [0.15, 0.2) is 5.96 Å². The fraction of sp³-hybridized carbons (Fsp3) is 0.600. The summed E-state index contributed by atoms with van der Waals surface area (Å²) in [4.78, 5) is 20.7. The van der Waals surface area contributed by atoms with Crippen molar-refractivity contribution in [1.82, 2.24) is 20.9 Å². The quantitative estimate of drug-likeness (QED) is 0.280. The van der Waals surface area contributed by atoms with Crippen LogP contribution in [0.4, 0.5) is 5.69 Å². The van der Waals surface area contributed by atoms with Crippen molar-refractivity contribution in [1.29, 1.82) is 0 Å². The highest BCUT2D eigenvalue weighted by Crippen LogP contribution is 2.16. The van der Waals surface area contributed by atoms with Crippen LogP contribution in [0.25, 0.3) is 0 Å². The van der Waals surface area contributed by atoms with Gasteiger partial charge in [0.2, 0.25) is 5.91 Å². The number of amides is 1. The van der Waals surface area contributed by atoms with Gasteiger partial charge in [-0.2, -0.15) is 0 Å². The van der Waals surface area contributed by atoms with Crippen LogP contribution in [0.1, 0.15) is 12.5 Å². The summed E-state index contributed by atoms with van der Waals surface area (Å²) in [6, 6.07) is 8.32. The van der Waals surface area contributed by atoms with Crippen LogP contribution in [-0.4, -0.2) is 82.3 Å². The largest absolute Gasteiger partial charge is 0.379 e. The van der Waals surface area contributed by atoms with Crippen molar-refractivity contribution in [2.75, 3.05) is 70.5 Å². The van der Waals surface area contributed by atoms with Gasteiger partial charge in [-0.15, -0.1) is 24.0 Å². The predicted molar refractivity (Wildman–Crippen MR) is 127 cm³/mol. The first-order valence-electron chi connectivity index (χ1n) is 10.2. The Bertz CT molecular complexity index is 649. The van der Waals surface area contributed by atoms with E-state index in [1.54, 1.807) is 0 Å². The molecule has 0 spiro atoms. The monoisotopic (exact) mass is 516 g/mol. The number of anilines is 1. The van der Waals surface area contributed by atoms with E-state index in [0.29, 0.717) is 19.6 Å². The lowest BCUT2D eigenvalue weighted by atomic mass is 10.2. The van der Waals surface area contributed by atoms with Gasteiger partial charge in [0, 0.05) is 51.5 Å². The maximum absolute atomic E-state index is 11.5. The number of carbonyl (C=O) groups excluding carboxylic acids is 1. The topological polar surface area (TPSA) is 81.2 Å². The first-order valence-corrected chi connectivity index (χ1v) is 10.2. The number of hydrogen-bond acceptors (Lipinski definition) is 5. The van der Waals surface area contributed by atoms with Crippen molar-refractivity contribution >= 4 is 41.5 Å². The lowest BCUT2D eigenvalue weighted by Crippen LogP contribution is -2.47. The first-order chi connectivity index (χ1) is 13.7. The summed E-state index contributed by atoms with van der Waals surface area (Å²) in [5.41, 5.74) is 2.23. The number of carbonyl (C=O) groups is 1. The fourth-order valence-corrected chi connectivity index (χ4v) is 3.34. The second-order valence-electron chi connectivity index (χ2n) is 7.01. The van der Waals surface area contributed by atoms with Gasteiger partial charge in [-0.25, -0.2) is 4.99 Å². The molecule has 0 saturated carbocycles. The van der Waals surface area contributed by atoms with E-state index in [-0.39, 0.29) is 29.9 Å². The number of benzene rings is 1. The van der Waals surface area contributed by atoms with Crippen LogP contribution in [0.2, 0.25) is 0 Å². The van der Waals surface area contributed by atoms with Crippen LogP contribution >= 0.6 is 24.0 Å². The van der Waals surface area contributed by atoms with E-state index in [0.717, 1.165) is 69.7 Å². The number of halogens is 1. The lowest BCUT2D eigenvalue weighted by Gasteiger charge is -2.28. The zero-order chi connectivity index (χ0) is 19.6. The highest BCUT2D eigenvalue weighted by molar-refractivity contribution is 14.0. The highest BCUT2D eigenvalue weighted by atomic mass is 127. The van der Waals surface area contributed by atoms with Crippen molar-refractivity contribution in [2.24, 2.45) is 4.99 Å². The number of rotatable bonds is 7. The summed E-state index contributed by atoms with van der Waals surface area (Å²) < 4.78 is 5.38. The molecule has 2 aliphatic heterocycles. The highest BCUT2D eigenvalue weighted by Gasteiger charge is 2.16. The minimum Gasteiger partial charge on any atom is -0.379 e. The molecular weight excluding hydrogens is 483 g/mol. The molecule has 2 saturated heterocycles. The van der Waals surface area contributed by atoms with Gasteiger partial charge in [-0.1, -0.05) is 12.1 Å². The van der Waals surface area contributed by atoms with Crippen LogP contribution in [0.15, 0.2) is 29.3 Å². The maximum atomic E-state index is 11.5. The molecule has 162 valence electrons. The molecular formula is C20H33IN6O2. The maximum Gasteiger partial charge on any atom is 0.239 e. The molecule has 8 nitrogen and oxygen atoms in total. The lowest BCUT2D eigenvalue weighted by molar-refractivity contribution is -0.120. The molecule has 1 aromatic carbocycles. The number of guanidine groups is 1. The number of piperazine rings is 1. The molecule has 0 atom stereocenters. The molecule has 29 heavy (non-hydrogen) atoms. The van der Waals surface area contributed by atoms with Gasteiger partial charge >= 0.3 is 0 Å². The standard InChI is InChI=1S/C20H32N6O2.HI/c1-2-21-20(23-7-9-25-11-13-28-14-12-25)24-15-17-3-5-18(6-4-17)26-10-8-22-19(27)16-26;/h3-6H,2,7-16H2,1H3,(H,22,27)(H2,21,23,24);1H. The van der Waals surface area contributed by atoms with E-state index in [4.69, 9.17) is 9.73 Å². The van der Waals surface area contributed by atoms with Gasteiger partial charge < -0.3 is 25.6 Å². The van der Waals surface area contributed by atoms with Crippen molar-refractivity contribution in [3.8, 4) is 0 Å². The predicted octanol–water partition coefficient (Wildman–Crippen LogP) is 0.628. The van der Waals surface area contributed by atoms with Crippen LogP contribution in [-0.2, 0) is 16.1 Å². The first kappa shape index (κ1) is 23.7. The SMILES string of the molecule is CCNC(=NCc1ccc(N2CCNC(=O)C2)cc1)NCCN1CCOCC1.I. The Hall–Kier alpha value is -1.59. The Morgan fingerprint density at radius 1 is 1.17 bits per heavy atom. The third-order valence-electron chi connectivity index (χ3n) is 4.93. The van der Waals surface area contributed by atoms with Crippen LogP contribution in [0.3, 0.4) is 0 Å². The zero-order valence-corrected chi connectivity index (χ0v) is 19.5. The number of nitrogens with one attached hydrogen (secondary N) is 3. The second kappa shape index (κ2) is 12.9. The molecule has 0 aromatic heterocycles. The Labute approximate surface area is 190 Å². The van der Waals surface area contributed by atoms with Crippen molar-refractivity contribution in [3.63, 3.8) is 0 Å². The third kappa shape index (κ3) is 7.98. The number of ether oxygens (including phenoxy) is 1. The average Bonchev–Trinajstić information content (AvgIpc) is 2.73. The van der Waals surface area contributed by atoms with Gasteiger partial charge in [0.05, 0.1) is 26.3 Å². The summed E-state index contributed by atoms with van der Waals surface area (Å²) in [6.07, 6.45) is 0. The van der Waals surface area contributed by atoms with Gasteiger partial charge in [0.1, 0.15) is 0 Å². The summed E-state index contributed by atoms with van der Waals surface area (Å²) in [5.74, 6) is 0.922. The molecule has 0 aliphatic carbocycles. The zero-order valence-electron chi connectivity index (χ0n) is 17.2. The van der Waals surface area contributed by atoms with E-state index < -0.39 is 0 Å². The molecule has 2 heterocycles. The summed E-state index contributed by atoms with van der Waals surface area (Å²) in [5, 5.41) is 9.57. The molecule has 3 rings (SSSR count). The molecule has 0 unspecified atom stereocenters.